The maximum absolute atomic E-state index is 12.4. The molecule has 1 N–H and O–H groups in total. The first-order valence-electron chi connectivity index (χ1n) is 4.02. The van der Waals surface area contributed by atoms with Crippen molar-refractivity contribution in [3.05, 3.63) is 29.8 Å². The Morgan fingerprint density at radius 3 is 2.69 bits per heavy atom. The molecule has 1 aromatic heterocycles. The van der Waals surface area contributed by atoms with Gasteiger partial charge < -0.3 is 5.32 Å². The summed E-state index contributed by atoms with van der Waals surface area (Å²) in [6.45, 7) is 3.71. The molecule has 0 aromatic carbocycles. The fraction of sp³-hybridized carbons (Fsp3) is 0.333. The van der Waals surface area contributed by atoms with Crippen molar-refractivity contribution in [3.8, 4) is 0 Å². The molecule has 0 spiro atoms. The summed E-state index contributed by atoms with van der Waals surface area (Å²) in [5.41, 5.74) is 0.370. The first-order chi connectivity index (χ1) is 6.09. The van der Waals surface area contributed by atoms with E-state index in [-0.39, 0.29) is 11.9 Å². The predicted molar refractivity (Wildman–Crippen MR) is 46.8 cm³/mol. The molecule has 0 saturated heterocycles. The lowest BCUT2D eigenvalue weighted by Crippen LogP contribution is -2.30. The molecule has 0 fully saturated rings. The van der Waals surface area contributed by atoms with Gasteiger partial charge in [-0.05, 0) is 26.0 Å². The number of carbonyl (C=O) groups is 1. The Bertz CT molecular complexity index is 295. The average Bonchev–Trinajstić information content (AvgIpc) is 2.04. The number of carbonyl (C=O) groups excluding carboxylic acids is 1. The van der Waals surface area contributed by atoms with Crippen LogP contribution in [0, 0.1) is 5.95 Å². The molecule has 0 bridgehead atoms. The Labute approximate surface area is 76.0 Å². The molecule has 0 aliphatic rings. The molecule has 1 aromatic rings. The minimum absolute atomic E-state index is 0.0672. The van der Waals surface area contributed by atoms with Gasteiger partial charge in [0.25, 0.3) is 5.91 Å². The monoisotopic (exact) mass is 181 g/mol. The smallest absolute Gasteiger partial charge is 0.253 e. The number of rotatable bonds is 2. The van der Waals surface area contributed by atoms with Crippen LogP contribution in [0.15, 0.2) is 18.3 Å². The number of halogens is 1. The van der Waals surface area contributed by atoms with Crippen LogP contribution in [0.5, 0.6) is 0 Å². The SMILES string of the molecule is CC(C)NC(=O)c1ccc([18F])nc1. The van der Waals surface area contributed by atoms with Crippen LogP contribution in [0.2, 0.25) is 0 Å². The van der Waals surface area contributed by atoms with E-state index in [1.54, 1.807) is 0 Å². The quantitative estimate of drug-likeness (QED) is 0.700. The fourth-order valence-corrected chi connectivity index (χ4v) is 0.856. The van der Waals surface area contributed by atoms with Crippen molar-refractivity contribution in [1.29, 1.82) is 0 Å². The topological polar surface area (TPSA) is 42.0 Å². The Hall–Kier alpha value is -1.45. The molecule has 0 saturated carbocycles. The second-order valence-corrected chi connectivity index (χ2v) is 3.00. The summed E-state index contributed by atoms with van der Waals surface area (Å²) in [5, 5.41) is 2.68. The van der Waals surface area contributed by atoms with Gasteiger partial charge in [-0.25, -0.2) is 4.98 Å². The van der Waals surface area contributed by atoms with E-state index < -0.39 is 5.95 Å². The zero-order chi connectivity index (χ0) is 9.84. The summed E-state index contributed by atoms with van der Waals surface area (Å²) in [6, 6.07) is 2.63. The van der Waals surface area contributed by atoms with E-state index in [0.717, 1.165) is 6.07 Å². The molecule has 0 aliphatic carbocycles. The highest BCUT2D eigenvalue weighted by atomic mass is 18.2. The van der Waals surface area contributed by atoms with E-state index in [1.165, 1.54) is 12.3 Å². The van der Waals surface area contributed by atoms with Gasteiger partial charge in [-0.15, -0.1) is 0 Å². The van der Waals surface area contributed by atoms with Crippen molar-refractivity contribution in [2.24, 2.45) is 0 Å². The van der Waals surface area contributed by atoms with Crippen molar-refractivity contribution < 1.29 is 9.18 Å². The van der Waals surface area contributed by atoms with Crippen molar-refractivity contribution in [1.82, 2.24) is 10.3 Å². The normalized spacial score (nSPS) is 10.2. The summed E-state index contributed by atoms with van der Waals surface area (Å²) in [4.78, 5) is 14.7. The number of aromatic nitrogens is 1. The van der Waals surface area contributed by atoms with Gasteiger partial charge in [-0.3, -0.25) is 4.79 Å². The summed E-state index contributed by atoms with van der Waals surface area (Å²) < 4.78 is 12.4. The van der Waals surface area contributed by atoms with E-state index in [9.17, 15) is 9.18 Å². The molecule has 0 atom stereocenters. The third-order valence-electron chi connectivity index (χ3n) is 1.41. The van der Waals surface area contributed by atoms with Crippen LogP contribution in [0.1, 0.15) is 24.2 Å². The lowest BCUT2D eigenvalue weighted by Gasteiger charge is -2.07. The van der Waals surface area contributed by atoms with Gasteiger partial charge >= 0.3 is 0 Å². The van der Waals surface area contributed by atoms with Crippen LogP contribution in [-0.4, -0.2) is 16.9 Å². The third-order valence-corrected chi connectivity index (χ3v) is 1.41. The lowest BCUT2D eigenvalue weighted by atomic mass is 10.2. The summed E-state index contributed by atoms with van der Waals surface area (Å²) in [6.07, 6.45) is 1.22. The molecule has 1 heterocycles. The van der Waals surface area contributed by atoms with Crippen LogP contribution in [0.25, 0.3) is 0 Å². The molecule has 0 aliphatic heterocycles. The molecule has 70 valence electrons. The maximum Gasteiger partial charge on any atom is 0.253 e. The molecule has 3 nitrogen and oxygen atoms in total. The highest BCUT2D eigenvalue weighted by Crippen LogP contribution is 1.99. The van der Waals surface area contributed by atoms with Crippen molar-refractivity contribution in [2.75, 3.05) is 0 Å². The van der Waals surface area contributed by atoms with E-state index >= 15 is 0 Å². The van der Waals surface area contributed by atoms with Gasteiger partial charge in [0, 0.05) is 12.2 Å². The lowest BCUT2D eigenvalue weighted by molar-refractivity contribution is 0.0942. The highest BCUT2D eigenvalue weighted by Gasteiger charge is 2.06. The highest BCUT2D eigenvalue weighted by molar-refractivity contribution is 5.93. The molecule has 1 rings (SSSR count). The van der Waals surface area contributed by atoms with Crippen LogP contribution < -0.4 is 5.32 Å². The molecular weight excluding hydrogens is 170 g/mol. The van der Waals surface area contributed by atoms with Gasteiger partial charge in [0.05, 0.1) is 5.56 Å². The van der Waals surface area contributed by atoms with Crippen LogP contribution in [0.4, 0.5) is 4.39 Å². The standard InChI is InChI=1S/C9H11FN2O/c1-6(2)12-9(13)7-3-4-8(10)11-5-7/h3-6H,1-2H3,(H,12,13)/i10-1. The Kier molecular flexibility index (Phi) is 2.95. The second-order valence-electron chi connectivity index (χ2n) is 3.00. The Morgan fingerprint density at radius 2 is 2.23 bits per heavy atom. The van der Waals surface area contributed by atoms with Crippen molar-refractivity contribution in [2.45, 2.75) is 19.9 Å². The largest absolute Gasteiger partial charge is 0.350 e. The molecule has 0 unspecified atom stereocenters. The second kappa shape index (κ2) is 3.98. The van der Waals surface area contributed by atoms with Gasteiger partial charge in [0.2, 0.25) is 5.95 Å². The third kappa shape index (κ3) is 2.82. The van der Waals surface area contributed by atoms with Gasteiger partial charge in [-0.1, -0.05) is 0 Å². The first kappa shape index (κ1) is 9.64. The zero-order valence-corrected chi connectivity index (χ0v) is 7.54. The number of pyridine rings is 1. The molecule has 1 amide bonds. The average molecular weight is 181 g/mol. The predicted octanol–water partition coefficient (Wildman–Crippen LogP) is 1.36. The number of hydrogen-bond donors (Lipinski definition) is 1. The van der Waals surface area contributed by atoms with E-state index in [0.29, 0.717) is 5.56 Å². The maximum atomic E-state index is 12.4. The summed E-state index contributed by atoms with van der Waals surface area (Å²) in [7, 11) is 0. The summed E-state index contributed by atoms with van der Waals surface area (Å²) in [5.74, 6) is -0.816. The molecule has 0 radical (unpaired) electrons. The molecule has 4 heteroatoms. The van der Waals surface area contributed by atoms with Crippen molar-refractivity contribution in [3.63, 3.8) is 0 Å². The fourth-order valence-electron chi connectivity index (χ4n) is 0.856. The number of nitrogens with one attached hydrogen (secondary N) is 1. The Morgan fingerprint density at radius 1 is 1.54 bits per heavy atom. The minimum Gasteiger partial charge on any atom is -0.350 e. The van der Waals surface area contributed by atoms with Crippen molar-refractivity contribution >= 4 is 5.91 Å². The van der Waals surface area contributed by atoms with Crippen LogP contribution in [-0.2, 0) is 0 Å². The first-order valence-corrected chi connectivity index (χ1v) is 4.02. The number of amides is 1. The Balaban J connectivity index is 2.72. The van der Waals surface area contributed by atoms with Gasteiger partial charge in [0.1, 0.15) is 0 Å². The summed E-state index contributed by atoms with van der Waals surface area (Å²) >= 11 is 0. The van der Waals surface area contributed by atoms with Crippen LogP contribution in [0.3, 0.4) is 0 Å². The van der Waals surface area contributed by atoms with Crippen LogP contribution >= 0.6 is 0 Å². The zero-order valence-electron chi connectivity index (χ0n) is 7.54. The number of nitrogens with zero attached hydrogens (tertiary/aromatic N) is 1. The molecule has 13 heavy (non-hydrogen) atoms. The van der Waals surface area contributed by atoms with E-state index in [1.807, 2.05) is 13.8 Å². The van der Waals surface area contributed by atoms with E-state index in [4.69, 9.17) is 0 Å². The van der Waals surface area contributed by atoms with E-state index in [2.05, 4.69) is 10.3 Å². The minimum atomic E-state index is -0.582. The van der Waals surface area contributed by atoms with Gasteiger partial charge in [0.15, 0.2) is 0 Å². The van der Waals surface area contributed by atoms with Gasteiger partial charge in [-0.2, -0.15) is 4.39 Å². The molecular formula is C9H11FN2O. The number of hydrogen-bond acceptors (Lipinski definition) is 2.